The van der Waals surface area contributed by atoms with Crippen LogP contribution in [-0.4, -0.2) is 52.3 Å². The number of nitrogens with zero attached hydrogens (tertiary/aromatic N) is 3. The first-order valence-electron chi connectivity index (χ1n) is 7.22. The fourth-order valence-corrected chi connectivity index (χ4v) is 2.34. The van der Waals surface area contributed by atoms with E-state index >= 15 is 0 Å². The molecule has 0 radical (unpaired) electrons. The molecule has 1 aromatic rings. The number of carbonyl (C=O) groups is 1. The molecule has 0 saturated carbocycles. The first-order valence-corrected chi connectivity index (χ1v) is 7.22. The fraction of sp³-hybridized carbons (Fsp3) is 0.714. The van der Waals surface area contributed by atoms with Crippen molar-refractivity contribution < 1.29 is 4.79 Å². The van der Waals surface area contributed by atoms with Crippen molar-refractivity contribution in [2.24, 2.45) is 0 Å². The van der Waals surface area contributed by atoms with Gasteiger partial charge in [0.25, 0.3) is 0 Å². The molecule has 6 heteroatoms. The Morgan fingerprint density at radius 3 is 2.60 bits per heavy atom. The van der Waals surface area contributed by atoms with E-state index < -0.39 is 5.54 Å². The number of rotatable bonds is 4. The lowest BCUT2D eigenvalue weighted by Crippen LogP contribution is -2.58. The van der Waals surface area contributed by atoms with Crippen LogP contribution in [0.1, 0.15) is 33.7 Å². The zero-order valence-electron chi connectivity index (χ0n) is 12.8. The smallest absolute Gasteiger partial charge is 0.244 e. The first kappa shape index (κ1) is 15.0. The summed E-state index contributed by atoms with van der Waals surface area (Å²) >= 11 is 0. The number of hydrogen-bond donors (Lipinski definition) is 2. The van der Waals surface area contributed by atoms with Crippen molar-refractivity contribution in [3.63, 3.8) is 0 Å². The van der Waals surface area contributed by atoms with Crippen LogP contribution in [0.25, 0.3) is 0 Å². The summed E-state index contributed by atoms with van der Waals surface area (Å²) in [5, 5.41) is 10.5. The van der Waals surface area contributed by atoms with E-state index in [1.54, 1.807) is 6.20 Å². The molecule has 1 amide bonds. The van der Waals surface area contributed by atoms with E-state index in [0.29, 0.717) is 6.04 Å². The largest absolute Gasteiger partial charge is 0.322 e. The summed E-state index contributed by atoms with van der Waals surface area (Å²) in [5.74, 6) is 0.0164. The van der Waals surface area contributed by atoms with Crippen LogP contribution in [-0.2, 0) is 4.79 Å². The lowest BCUT2D eigenvalue weighted by molar-refractivity contribution is -0.126. The normalized spacial score (nSPS) is 17.4. The second-order valence-electron chi connectivity index (χ2n) is 6.05. The molecule has 0 spiro atoms. The van der Waals surface area contributed by atoms with E-state index in [1.807, 2.05) is 24.7 Å². The molecule has 2 rings (SSSR count). The zero-order valence-corrected chi connectivity index (χ0v) is 12.8. The minimum Gasteiger partial charge on any atom is -0.322 e. The lowest BCUT2D eigenvalue weighted by Gasteiger charge is -2.39. The third-order valence-electron chi connectivity index (χ3n) is 3.85. The number of hydrogen-bond acceptors (Lipinski definition) is 4. The van der Waals surface area contributed by atoms with Crippen LogP contribution in [0, 0.1) is 0 Å². The van der Waals surface area contributed by atoms with Gasteiger partial charge in [-0.15, -0.1) is 0 Å². The maximum absolute atomic E-state index is 12.5. The minimum absolute atomic E-state index is 0.0164. The second-order valence-corrected chi connectivity index (χ2v) is 6.05. The van der Waals surface area contributed by atoms with Gasteiger partial charge in [-0.3, -0.25) is 14.4 Å². The van der Waals surface area contributed by atoms with Gasteiger partial charge in [0.05, 0.1) is 17.4 Å². The van der Waals surface area contributed by atoms with Gasteiger partial charge in [-0.25, -0.2) is 0 Å². The highest BCUT2D eigenvalue weighted by molar-refractivity contribution is 5.97. The molecule has 0 atom stereocenters. The summed E-state index contributed by atoms with van der Waals surface area (Å²) in [7, 11) is 0. The zero-order chi connectivity index (χ0) is 14.8. The van der Waals surface area contributed by atoms with Gasteiger partial charge < -0.3 is 10.6 Å². The van der Waals surface area contributed by atoms with Gasteiger partial charge in [0.2, 0.25) is 5.91 Å². The number of carbonyl (C=O) groups excluding carboxylic acids is 1. The van der Waals surface area contributed by atoms with Gasteiger partial charge in [-0.1, -0.05) is 0 Å². The van der Waals surface area contributed by atoms with E-state index in [0.717, 1.165) is 31.9 Å². The Bertz CT molecular complexity index is 460. The van der Waals surface area contributed by atoms with Crippen LogP contribution in [0.4, 0.5) is 5.69 Å². The van der Waals surface area contributed by atoms with Crippen molar-refractivity contribution in [1.29, 1.82) is 0 Å². The van der Waals surface area contributed by atoms with Crippen LogP contribution in [0.5, 0.6) is 0 Å². The topological polar surface area (TPSA) is 62.2 Å². The molecule has 1 aliphatic rings. The molecule has 1 aromatic heterocycles. The van der Waals surface area contributed by atoms with E-state index in [-0.39, 0.29) is 5.91 Å². The van der Waals surface area contributed by atoms with E-state index in [9.17, 15) is 4.79 Å². The van der Waals surface area contributed by atoms with Gasteiger partial charge >= 0.3 is 0 Å². The van der Waals surface area contributed by atoms with E-state index in [2.05, 4.69) is 34.5 Å². The molecular weight excluding hydrogens is 254 g/mol. The van der Waals surface area contributed by atoms with Crippen molar-refractivity contribution in [1.82, 2.24) is 20.0 Å². The number of piperazine rings is 1. The van der Waals surface area contributed by atoms with Gasteiger partial charge in [0.1, 0.15) is 0 Å². The molecule has 2 heterocycles. The van der Waals surface area contributed by atoms with Crippen molar-refractivity contribution in [3.8, 4) is 0 Å². The molecule has 0 unspecified atom stereocenters. The van der Waals surface area contributed by atoms with E-state index in [1.165, 1.54) is 0 Å². The average molecular weight is 279 g/mol. The lowest BCUT2D eigenvalue weighted by atomic mass is 10.0. The SMILES string of the molecule is CC(C)n1cc(NC(=O)C(C)(C)N2CCNCC2)cn1. The van der Waals surface area contributed by atoms with Crippen LogP contribution >= 0.6 is 0 Å². The molecule has 0 bridgehead atoms. The van der Waals surface area contributed by atoms with Crippen molar-refractivity contribution in [3.05, 3.63) is 12.4 Å². The van der Waals surface area contributed by atoms with Crippen LogP contribution in [0.15, 0.2) is 12.4 Å². The molecule has 112 valence electrons. The maximum atomic E-state index is 12.5. The summed E-state index contributed by atoms with van der Waals surface area (Å²) in [6.45, 7) is 11.7. The van der Waals surface area contributed by atoms with E-state index in [4.69, 9.17) is 0 Å². The van der Waals surface area contributed by atoms with Crippen LogP contribution in [0.3, 0.4) is 0 Å². The standard InChI is InChI=1S/C14H25N5O/c1-11(2)19-10-12(9-16-19)17-13(20)14(3,4)18-7-5-15-6-8-18/h9-11,15H,5-8H2,1-4H3,(H,17,20). The van der Waals surface area contributed by atoms with Crippen molar-refractivity contribution >= 4 is 11.6 Å². The Balaban J connectivity index is 2.01. The predicted molar refractivity (Wildman–Crippen MR) is 79.8 cm³/mol. The number of aromatic nitrogens is 2. The van der Waals surface area contributed by atoms with Crippen molar-refractivity contribution in [2.45, 2.75) is 39.3 Å². The quantitative estimate of drug-likeness (QED) is 0.866. The Hall–Kier alpha value is -1.40. The highest BCUT2D eigenvalue weighted by atomic mass is 16.2. The summed E-state index contributed by atoms with van der Waals surface area (Å²) in [4.78, 5) is 14.7. The Morgan fingerprint density at radius 2 is 2.05 bits per heavy atom. The summed E-state index contributed by atoms with van der Waals surface area (Å²) in [5.41, 5.74) is 0.245. The average Bonchev–Trinajstić information content (AvgIpc) is 2.88. The van der Waals surface area contributed by atoms with Crippen molar-refractivity contribution in [2.75, 3.05) is 31.5 Å². The monoisotopic (exact) mass is 279 g/mol. The number of nitrogens with one attached hydrogen (secondary N) is 2. The molecule has 0 aromatic carbocycles. The molecule has 2 N–H and O–H groups in total. The van der Waals surface area contributed by atoms with Crippen LogP contribution in [0.2, 0.25) is 0 Å². The van der Waals surface area contributed by atoms with Gasteiger partial charge in [-0.05, 0) is 27.7 Å². The minimum atomic E-state index is -0.512. The molecule has 6 nitrogen and oxygen atoms in total. The summed E-state index contributed by atoms with van der Waals surface area (Å²) < 4.78 is 1.84. The fourth-order valence-electron chi connectivity index (χ4n) is 2.34. The second kappa shape index (κ2) is 5.93. The number of amides is 1. The Kier molecular flexibility index (Phi) is 4.45. The third-order valence-corrected chi connectivity index (χ3v) is 3.85. The highest BCUT2D eigenvalue weighted by Crippen LogP contribution is 2.18. The highest BCUT2D eigenvalue weighted by Gasteiger charge is 2.35. The number of anilines is 1. The van der Waals surface area contributed by atoms with Gasteiger partial charge in [0.15, 0.2) is 0 Å². The first-order chi connectivity index (χ1) is 9.41. The van der Waals surface area contributed by atoms with Gasteiger partial charge in [-0.2, -0.15) is 5.10 Å². The van der Waals surface area contributed by atoms with Gasteiger partial charge in [0, 0.05) is 38.4 Å². The molecular formula is C14H25N5O. The molecule has 1 fully saturated rings. The Labute approximate surface area is 120 Å². The molecule has 0 aliphatic carbocycles. The maximum Gasteiger partial charge on any atom is 0.244 e. The molecule has 20 heavy (non-hydrogen) atoms. The Morgan fingerprint density at radius 1 is 1.40 bits per heavy atom. The predicted octanol–water partition coefficient (Wildman–Crippen LogP) is 1.09. The van der Waals surface area contributed by atoms with Crippen LogP contribution < -0.4 is 10.6 Å². The molecule has 1 saturated heterocycles. The summed E-state index contributed by atoms with van der Waals surface area (Å²) in [6, 6.07) is 0.293. The molecule has 1 aliphatic heterocycles. The third kappa shape index (κ3) is 3.19. The summed E-state index contributed by atoms with van der Waals surface area (Å²) in [6.07, 6.45) is 3.57.